The van der Waals surface area contributed by atoms with Crippen molar-refractivity contribution in [3.63, 3.8) is 0 Å². The number of nitrogens with zero attached hydrogens (tertiary/aromatic N) is 4. The van der Waals surface area contributed by atoms with E-state index < -0.39 is 0 Å². The standard InChI is InChI=1S/C17H22ClN5O2/c1-22(2)13(14-6-5-9-25-14)11-19-16(24)15-12(18)10-20-17(21-15)23-7-3-4-8-23/h5-6,9-10,13H,3-4,7-8,11H2,1-2H3,(H,19,24)/t13-/m0/s1. The smallest absolute Gasteiger partial charge is 0.271 e. The monoisotopic (exact) mass is 363 g/mol. The number of anilines is 1. The van der Waals surface area contributed by atoms with Crippen molar-refractivity contribution in [2.24, 2.45) is 0 Å². The van der Waals surface area contributed by atoms with E-state index in [9.17, 15) is 4.79 Å². The Bertz CT molecular complexity index is 714. The van der Waals surface area contributed by atoms with Crippen molar-refractivity contribution in [3.05, 3.63) is 41.1 Å². The Morgan fingerprint density at radius 1 is 1.44 bits per heavy atom. The number of halogens is 1. The molecule has 0 bridgehead atoms. The van der Waals surface area contributed by atoms with Crippen LogP contribution in [-0.4, -0.2) is 54.5 Å². The van der Waals surface area contributed by atoms with Crippen LogP contribution in [-0.2, 0) is 0 Å². The number of likely N-dealkylation sites (N-methyl/N-ethyl adjacent to an activating group) is 1. The van der Waals surface area contributed by atoms with Crippen molar-refractivity contribution in [1.29, 1.82) is 0 Å². The Morgan fingerprint density at radius 2 is 2.20 bits per heavy atom. The van der Waals surface area contributed by atoms with Gasteiger partial charge in [0.2, 0.25) is 5.95 Å². The van der Waals surface area contributed by atoms with Crippen LogP contribution in [0.25, 0.3) is 0 Å². The topological polar surface area (TPSA) is 74.5 Å². The lowest BCUT2D eigenvalue weighted by molar-refractivity contribution is 0.0934. The second-order valence-electron chi connectivity index (χ2n) is 6.27. The van der Waals surface area contributed by atoms with E-state index in [0.717, 1.165) is 31.7 Å². The molecular formula is C17H22ClN5O2. The van der Waals surface area contributed by atoms with E-state index in [0.29, 0.717) is 12.5 Å². The van der Waals surface area contributed by atoms with E-state index in [1.807, 2.05) is 31.1 Å². The fourth-order valence-corrected chi connectivity index (χ4v) is 3.06. The lowest BCUT2D eigenvalue weighted by Gasteiger charge is -2.22. The molecule has 0 radical (unpaired) electrons. The molecule has 2 aromatic rings. The third-order valence-electron chi connectivity index (χ3n) is 4.29. The van der Waals surface area contributed by atoms with E-state index >= 15 is 0 Å². The van der Waals surface area contributed by atoms with Crippen molar-refractivity contribution < 1.29 is 9.21 Å². The van der Waals surface area contributed by atoms with E-state index in [1.54, 1.807) is 6.26 Å². The highest BCUT2D eigenvalue weighted by atomic mass is 35.5. The number of hydrogen-bond acceptors (Lipinski definition) is 6. The van der Waals surface area contributed by atoms with Gasteiger partial charge in [-0.1, -0.05) is 11.6 Å². The van der Waals surface area contributed by atoms with E-state index in [1.165, 1.54) is 6.20 Å². The number of hydrogen-bond donors (Lipinski definition) is 1. The van der Waals surface area contributed by atoms with Crippen molar-refractivity contribution in [2.75, 3.05) is 38.6 Å². The summed E-state index contributed by atoms with van der Waals surface area (Å²) in [4.78, 5) is 25.2. The second kappa shape index (κ2) is 7.84. The zero-order valence-electron chi connectivity index (χ0n) is 14.4. The highest BCUT2D eigenvalue weighted by Gasteiger charge is 2.22. The summed E-state index contributed by atoms with van der Waals surface area (Å²) in [6.45, 7) is 2.20. The molecule has 3 heterocycles. The fraction of sp³-hybridized carbons (Fsp3) is 0.471. The van der Waals surface area contributed by atoms with Crippen LogP contribution in [0.4, 0.5) is 5.95 Å². The number of nitrogens with one attached hydrogen (secondary N) is 1. The number of aromatic nitrogens is 2. The molecule has 0 aromatic carbocycles. The first kappa shape index (κ1) is 17.7. The highest BCUT2D eigenvalue weighted by Crippen LogP contribution is 2.21. The van der Waals surface area contributed by atoms with Crippen LogP contribution in [0.2, 0.25) is 5.02 Å². The van der Waals surface area contributed by atoms with Gasteiger partial charge in [0.15, 0.2) is 5.69 Å². The minimum atomic E-state index is -0.314. The first-order chi connectivity index (χ1) is 12.1. The van der Waals surface area contributed by atoms with E-state index in [4.69, 9.17) is 16.0 Å². The predicted molar refractivity (Wildman–Crippen MR) is 96.0 cm³/mol. The Balaban J connectivity index is 1.71. The van der Waals surface area contributed by atoms with Gasteiger partial charge in [-0.3, -0.25) is 9.69 Å². The van der Waals surface area contributed by atoms with Crippen LogP contribution in [0.5, 0.6) is 0 Å². The number of rotatable bonds is 6. The molecule has 3 rings (SSSR count). The molecule has 2 aromatic heterocycles. The zero-order chi connectivity index (χ0) is 17.8. The second-order valence-corrected chi connectivity index (χ2v) is 6.67. The van der Waals surface area contributed by atoms with Gasteiger partial charge in [0.1, 0.15) is 5.76 Å². The first-order valence-electron chi connectivity index (χ1n) is 8.32. The van der Waals surface area contributed by atoms with Crippen molar-refractivity contribution >= 4 is 23.5 Å². The number of carbonyl (C=O) groups is 1. The van der Waals surface area contributed by atoms with Gasteiger partial charge in [-0.2, -0.15) is 0 Å². The van der Waals surface area contributed by atoms with Gasteiger partial charge >= 0.3 is 0 Å². The van der Waals surface area contributed by atoms with Crippen molar-refractivity contribution in [1.82, 2.24) is 20.2 Å². The van der Waals surface area contributed by atoms with Crippen LogP contribution in [0.3, 0.4) is 0 Å². The van der Waals surface area contributed by atoms with Gasteiger partial charge in [0.05, 0.1) is 23.5 Å². The average Bonchev–Trinajstić information content (AvgIpc) is 3.29. The van der Waals surface area contributed by atoms with Gasteiger partial charge in [-0.25, -0.2) is 9.97 Å². The van der Waals surface area contributed by atoms with Crippen LogP contribution in [0, 0.1) is 0 Å². The van der Waals surface area contributed by atoms with Gasteiger partial charge in [-0.05, 0) is 39.1 Å². The summed E-state index contributed by atoms with van der Waals surface area (Å²) in [6, 6.07) is 3.65. The molecule has 7 nitrogen and oxygen atoms in total. The van der Waals surface area contributed by atoms with E-state index in [2.05, 4.69) is 20.2 Å². The zero-order valence-corrected chi connectivity index (χ0v) is 15.2. The molecule has 0 saturated carbocycles. The van der Waals surface area contributed by atoms with Crippen LogP contribution >= 0.6 is 11.6 Å². The molecule has 1 N–H and O–H groups in total. The minimum Gasteiger partial charge on any atom is -0.468 e. The van der Waals surface area contributed by atoms with Crippen LogP contribution in [0.15, 0.2) is 29.0 Å². The Labute approximate surface area is 152 Å². The number of furan rings is 1. The van der Waals surface area contributed by atoms with Gasteiger partial charge in [0, 0.05) is 19.6 Å². The summed E-state index contributed by atoms with van der Waals surface area (Å²) in [6.07, 6.45) is 5.34. The Hall–Kier alpha value is -2.12. The van der Waals surface area contributed by atoms with Gasteiger partial charge in [0.25, 0.3) is 5.91 Å². The Kier molecular flexibility index (Phi) is 5.55. The van der Waals surface area contributed by atoms with Gasteiger partial charge in [-0.15, -0.1) is 0 Å². The molecule has 8 heteroatoms. The largest absolute Gasteiger partial charge is 0.468 e. The lowest BCUT2D eigenvalue weighted by Crippen LogP contribution is -2.35. The SMILES string of the molecule is CN(C)[C@@H](CNC(=O)c1nc(N2CCCC2)ncc1Cl)c1ccco1. The molecule has 1 aliphatic rings. The fourth-order valence-electron chi connectivity index (χ4n) is 2.88. The summed E-state index contributed by atoms with van der Waals surface area (Å²) in [5.74, 6) is 1.03. The lowest BCUT2D eigenvalue weighted by atomic mass is 10.2. The minimum absolute atomic E-state index is 0.0717. The molecule has 134 valence electrons. The summed E-state index contributed by atoms with van der Waals surface area (Å²) in [5, 5.41) is 3.14. The average molecular weight is 364 g/mol. The first-order valence-corrected chi connectivity index (χ1v) is 8.69. The molecular weight excluding hydrogens is 342 g/mol. The Morgan fingerprint density at radius 3 is 2.84 bits per heavy atom. The molecule has 1 aliphatic heterocycles. The quantitative estimate of drug-likeness (QED) is 0.849. The molecule has 0 unspecified atom stereocenters. The molecule has 0 aliphatic carbocycles. The van der Waals surface area contributed by atoms with Crippen molar-refractivity contribution in [3.8, 4) is 0 Å². The molecule has 1 saturated heterocycles. The summed E-state index contributed by atoms with van der Waals surface area (Å²) >= 11 is 6.14. The van der Waals surface area contributed by atoms with E-state index in [-0.39, 0.29) is 22.7 Å². The summed E-state index contributed by atoms with van der Waals surface area (Å²) in [7, 11) is 3.87. The third-order valence-corrected chi connectivity index (χ3v) is 4.56. The molecule has 25 heavy (non-hydrogen) atoms. The maximum atomic E-state index is 12.6. The molecule has 1 atom stereocenters. The normalized spacial score (nSPS) is 15.6. The third kappa shape index (κ3) is 4.11. The predicted octanol–water partition coefficient (Wildman–Crippen LogP) is 2.36. The highest BCUT2D eigenvalue weighted by molar-refractivity contribution is 6.33. The molecule has 1 amide bonds. The van der Waals surface area contributed by atoms with Gasteiger partial charge < -0.3 is 14.6 Å². The number of carbonyl (C=O) groups excluding carboxylic acids is 1. The van der Waals surface area contributed by atoms with Crippen LogP contribution in [0.1, 0.15) is 35.1 Å². The maximum Gasteiger partial charge on any atom is 0.271 e. The van der Waals surface area contributed by atoms with Crippen LogP contribution < -0.4 is 10.2 Å². The maximum absolute atomic E-state index is 12.6. The summed E-state index contributed by atoms with van der Waals surface area (Å²) < 4.78 is 5.45. The van der Waals surface area contributed by atoms with Crippen molar-refractivity contribution in [2.45, 2.75) is 18.9 Å². The molecule has 0 spiro atoms. The number of amides is 1. The summed E-state index contributed by atoms with van der Waals surface area (Å²) in [5.41, 5.74) is 0.204. The molecule has 1 fully saturated rings.